The molecule has 5 atom stereocenters. The van der Waals surface area contributed by atoms with Crippen molar-refractivity contribution in [3.05, 3.63) is 59.2 Å². The maximum Gasteiger partial charge on any atom is 0.274 e. The lowest BCUT2D eigenvalue weighted by molar-refractivity contribution is 0.00159. The van der Waals surface area contributed by atoms with E-state index in [2.05, 4.69) is 22.5 Å². The number of rotatable bonds is 5. The summed E-state index contributed by atoms with van der Waals surface area (Å²) in [5, 5.41) is 24.6. The number of hydrogen-bond donors (Lipinski definition) is 5. The molecule has 0 radical (unpaired) electrons. The highest BCUT2D eigenvalue weighted by Gasteiger charge is 2.50. The standard InChI is InChI=1S/C24H30FN5O2/c1-13-10-24(8-7-20(13)31)11-15-3-5-17(9-18(15)21(24)29-14(2)22(26)27)30-23(32)19-6-4-16(25)12-28-19/h3-6,9,12-14,20-21,29,31H,7-8,10-11H2,1-2H3,(H3,26,27)(H,30,32)/t13-,14?,20-,21-,24-/m1/s1. The lowest BCUT2D eigenvalue weighted by atomic mass is 9.65. The molecule has 1 aromatic carbocycles. The first-order valence-corrected chi connectivity index (χ1v) is 11.0. The van der Waals surface area contributed by atoms with Crippen molar-refractivity contribution in [2.24, 2.45) is 17.1 Å². The molecule has 1 spiro atoms. The van der Waals surface area contributed by atoms with Crippen LogP contribution in [-0.2, 0) is 6.42 Å². The Morgan fingerprint density at radius 3 is 2.81 bits per heavy atom. The molecule has 6 N–H and O–H groups in total. The number of carbonyl (C=O) groups is 1. The highest BCUT2D eigenvalue weighted by molar-refractivity contribution is 6.02. The van der Waals surface area contributed by atoms with Gasteiger partial charge in [-0.15, -0.1) is 0 Å². The molecule has 1 amide bonds. The van der Waals surface area contributed by atoms with Crippen molar-refractivity contribution in [2.45, 2.75) is 57.7 Å². The van der Waals surface area contributed by atoms with Gasteiger partial charge in [0.15, 0.2) is 0 Å². The summed E-state index contributed by atoms with van der Waals surface area (Å²) in [6.07, 6.45) is 4.07. The van der Waals surface area contributed by atoms with Crippen molar-refractivity contribution < 1.29 is 14.3 Å². The molecule has 2 aromatic rings. The van der Waals surface area contributed by atoms with Crippen LogP contribution in [0.1, 0.15) is 60.8 Å². The summed E-state index contributed by atoms with van der Waals surface area (Å²) in [4.78, 5) is 16.4. The molecule has 1 aromatic heterocycles. The number of nitrogens with two attached hydrogens (primary N) is 1. The number of fused-ring (bicyclic) bond motifs is 1. The Bertz CT molecular complexity index is 1030. The van der Waals surface area contributed by atoms with Crippen LogP contribution in [0, 0.1) is 22.6 Å². The Labute approximate surface area is 187 Å². The summed E-state index contributed by atoms with van der Waals surface area (Å²) in [6, 6.07) is 8.06. The number of amides is 1. The Balaban J connectivity index is 1.63. The predicted octanol–water partition coefficient (Wildman–Crippen LogP) is 3.15. The zero-order valence-electron chi connectivity index (χ0n) is 18.4. The van der Waals surface area contributed by atoms with Gasteiger partial charge in [-0.3, -0.25) is 10.2 Å². The number of amidine groups is 1. The van der Waals surface area contributed by atoms with Crippen LogP contribution in [0.25, 0.3) is 0 Å². The number of benzene rings is 1. The Morgan fingerprint density at radius 1 is 1.38 bits per heavy atom. The Hall–Kier alpha value is -2.84. The van der Waals surface area contributed by atoms with E-state index in [0.29, 0.717) is 5.69 Å². The lowest BCUT2D eigenvalue weighted by Crippen LogP contribution is -2.48. The van der Waals surface area contributed by atoms with Gasteiger partial charge < -0.3 is 21.5 Å². The van der Waals surface area contributed by atoms with Crippen LogP contribution in [-0.4, -0.2) is 34.0 Å². The molecule has 0 aliphatic heterocycles. The number of anilines is 1. The highest BCUT2D eigenvalue weighted by atomic mass is 19.1. The first kappa shape index (κ1) is 22.4. The summed E-state index contributed by atoms with van der Waals surface area (Å²) in [7, 11) is 0. The SMILES string of the molecule is CC(N[C@@H]1c2cc(NC(=O)c3ccc(F)cn3)ccc2C[C@]12CC[C@@H](O)[C@H](C)C2)C(=N)N. The van der Waals surface area contributed by atoms with Crippen molar-refractivity contribution >= 4 is 17.4 Å². The average molecular weight is 440 g/mol. The van der Waals surface area contributed by atoms with Crippen LogP contribution in [0.2, 0.25) is 0 Å². The number of hydrogen-bond acceptors (Lipinski definition) is 5. The van der Waals surface area contributed by atoms with Crippen molar-refractivity contribution in [3.8, 4) is 0 Å². The molecule has 32 heavy (non-hydrogen) atoms. The van der Waals surface area contributed by atoms with Gasteiger partial charge in [0.1, 0.15) is 17.3 Å². The molecular formula is C24H30FN5O2. The van der Waals surface area contributed by atoms with Crippen LogP contribution in [0.3, 0.4) is 0 Å². The van der Waals surface area contributed by atoms with Gasteiger partial charge in [0.2, 0.25) is 0 Å². The number of aliphatic hydroxyl groups excluding tert-OH is 1. The second kappa shape index (κ2) is 8.60. The third kappa shape index (κ3) is 4.25. The first-order valence-electron chi connectivity index (χ1n) is 11.0. The fraction of sp³-hybridized carbons (Fsp3) is 0.458. The summed E-state index contributed by atoms with van der Waals surface area (Å²) >= 11 is 0. The van der Waals surface area contributed by atoms with Gasteiger partial charge in [0, 0.05) is 11.7 Å². The number of pyridine rings is 1. The third-order valence-corrected chi connectivity index (χ3v) is 7.04. The molecule has 0 saturated heterocycles. The number of aromatic nitrogens is 1. The number of nitrogens with one attached hydrogen (secondary N) is 3. The Kier molecular flexibility index (Phi) is 6.01. The van der Waals surface area contributed by atoms with Gasteiger partial charge in [0.25, 0.3) is 5.91 Å². The fourth-order valence-corrected chi connectivity index (χ4v) is 5.25. The quantitative estimate of drug-likeness (QED) is 0.362. The second-order valence-electron chi connectivity index (χ2n) is 9.33. The molecule has 170 valence electrons. The van der Waals surface area contributed by atoms with E-state index in [1.807, 2.05) is 25.1 Å². The maximum atomic E-state index is 13.1. The van der Waals surface area contributed by atoms with Gasteiger partial charge in [-0.25, -0.2) is 9.37 Å². The van der Waals surface area contributed by atoms with Crippen LogP contribution in [0.4, 0.5) is 10.1 Å². The molecular weight excluding hydrogens is 409 g/mol. The number of nitrogens with zero attached hydrogens (tertiary/aromatic N) is 1. The van der Waals surface area contributed by atoms with E-state index in [1.54, 1.807) is 0 Å². The van der Waals surface area contributed by atoms with E-state index in [1.165, 1.54) is 17.7 Å². The first-order chi connectivity index (χ1) is 15.2. The zero-order valence-corrected chi connectivity index (χ0v) is 18.4. The number of halogens is 1. The van der Waals surface area contributed by atoms with Gasteiger partial charge >= 0.3 is 0 Å². The van der Waals surface area contributed by atoms with Crippen LogP contribution in [0.15, 0.2) is 36.5 Å². The van der Waals surface area contributed by atoms with E-state index in [9.17, 15) is 14.3 Å². The molecule has 7 nitrogen and oxygen atoms in total. The van der Waals surface area contributed by atoms with Crippen molar-refractivity contribution in [1.29, 1.82) is 5.41 Å². The molecule has 4 rings (SSSR count). The van der Waals surface area contributed by atoms with E-state index in [-0.39, 0.29) is 41.1 Å². The van der Waals surface area contributed by atoms with Gasteiger partial charge in [-0.05, 0) is 79.3 Å². The molecule has 1 saturated carbocycles. The monoisotopic (exact) mass is 439 g/mol. The maximum absolute atomic E-state index is 13.1. The smallest absolute Gasteiger partial charge is 0.274 e. The molecule has 2 aliphatic carbocycles. The summed E-state index contributed by atoms with van der Waals surface area (Å²) in [6.45, 7) is 3.96. The highest BCUT2D eigenvalue weighted by Crippen LogP contribution is 2.55. The molecule has 0 bridgehead atoms. The molecule has 1 unspecified atom stereocenters. The number of carbonyl (C=O) groups excluding carboxylic acids is 1. The summed E-state index contributed by atoms with van der Waals surface area (Å²) < 4.78 is 13.1. The van der Waals surface area contributed by atoms with Gasteiger partial charge in [-0.1, -0.05) is 13.0 Å². The minimum Gasteiger partial charge on any atom is -0.393 e. The van der Waals surface area contributed by atoms with E-state index in [0.717, 1.165) is 37.4 Å². The van der Waals surface area contributed by atoms with Crippen LogP contribution in [0.5, 0.6) is 0 Å². The molecule has 1 heterocycles. The van der Waals surface area contributed by atoms with E-state index in [4.69, 9.17) is 11.1 Å². The van der Waals surface area contributed by atoms with Crippen molar-refractivity contribution in [3.63, 3.8) is 0 Å². The third-order valence-electron chi connectivity index (χ3n) is 7.04. The van der Waals surface area contributed by atoms with Gasteiger partial charge in [0.05, 0.1) is 18.3 Å². The minimum absolute atomic E-state index is 0.0489. The van der Waals surface area contributed by atoms with Crippen LogP contribution < -0.4 is 16.4 Å². The number of aliphatic hydroxyl groups is 1. The normalized spacial score (nSPS) is 27.7. The van der Waals surface area contributed by atoms with Crippen molar-refractivity contribution in [2.75, 3.05) is 5.32 Å². The second-order valence-corrected chi connectivity index (χ2v) is 9.33. The van der Waals surface area contributed by atoms with Crippen molar-refractivity contribution in [1.82, 2.24) is 10.3 Å². The summed E-state index contributed by atoms with van der Waals surface area (Å²) in [5.41, 5.74) is 8.72. The summed E-state index contributed by atoms with van der Waals surface area (Å²) in [5.74, 6) is -0.651. The largest absolute Gasteiger partial charge is 0.393 e. The molecule has 2 aliphatic rings. The van der Waals surface area contributed by atoms with E-state index >= 15 is 0 Å². The molecule has 8 heteroatoms. The Morgan fingerprint density at radius 2 is 2.16 bits per heavy atom. The topological polar surface area (TPSA) is 124 Å². The average Bonchev–Trinajstić information content (AvgIpc) is 3.03. The van der Waals surface area contributed by atoms with E-state index < -0.39 is 11.7 Å². The predicted molar refractivity (Wildman–Crippen MR) is 121 cm³/mol. The fourth-order valence-electron chi connectivity index (χ4n) is 5.25. The van der Waals surface area contributed by atoms with Gasteiger partial charge in [-0.2, -0.15) is 0 Å². The molecule has 1 fully saturated rings. The minimum atomic E-state index is -0.496. The zero-order chi connectivity index (χ0) is 23.0. The lowest BCUT2D eigenvalue weighted by Gasteiger charge is -2.45. The van der Waals surface area contributed by atoms with Crippen LogP contribution >= 0.6 is 0 Å².